The van der Waals surface area contributed by atoms with Crippen LogP contribution in [-0.4, -0.2) is 32.4 Å². The molecule has 0 bridgehead atoms. The van der Waals surface area contributed by atoms with Gasteiger partial charge in [-0.2, -0.15) is 0 Å². The molecule has 5 nitrogen and oxygen atoms in total. The molecule has 0 aromatic heterocycles. The van der Waals surface area contributed by atoms with Gasteiger partial charge in [0.2, 0.25) is 5.91 Å². The van der Waals surface area contributed by atoms with E-state index in [0.717, 1.165) is 0 Å². The number of rotatable bonds is 5. The van der Waals surface area contributed by atoms with Crippen molar-refractivity contribution in [3.63, 3.8) is 0 Å². The van der Waals surface area contributed by atoms with E-state index in [1.54, 1.807) is 25.2 Å². The molecule has 0 atom stereocenters. The van der Waals surface area contributed by atoms with Gasteiger partial charge >= 0.3 is 0 Å². The lowest BCUT2D eigenvalue weighted by Crippen LogP contribution is -2.21. The van der Waals surface area contributed by atoms with E-state index in [9.17, 15) is 9.59 Å². The molecule has 0 spiro atoms. The highest BCUT2D eigenvalue weighted by molar-refractivity contribution is 6.06. The lowest BCUT2D eigenvalue weighted by atomic mass is 10.1. The van der Waals surface area contributed by atoms with Gasteiger partial charge in [0.1, 0.15) is 5.75 Å². The maximum atomic E-state index is 11.8. The largest absolute Gasteiger partial charge is 0.495 e. The third-order valence-electron chi connectivity index (χ3n) is 2.18. The highest BCUT2D eigenvalue weighted by Crippen LogP contribution is 2.28. The first kappa shape index (κ1) is 13.2. The number of amides is 1. The topological polar surface area (TPSA) is 67.4 Å². The van der Waals surface area contributed by atoms with Crippen LogP contribution in [0.15, 0.2) is 18.2 Å². The molecule has 1 aromatic rings. The summed E-state index contributed by atoms with van der Waals surface area (Å²) in [5.74, 6) is 0.130. The number of nitrogens with one attached hydrogen (secondary N) is 2. The van der Waals surface area contributed by atoms with Crippen molar-refractivity contribution >= 4 is 17.4 Å². The van der Waals surface area contributed by atoms with Crippen LogP contribution in [-0.2, 0) is 4.79 Å². The number of hydrogen-bond acceptors (Lipinski definition) is 4. The normalized spacial score (nSPS) is 9.82. The molecule has 0 aliphatic heterocycles. The summed E-state index contributed by atoms with van der Waals surface area (Å²) in [5.41, 5.74) is 0.858. The van der Waals surface area contributed by atoms with Crippen molar-refractivity contribution in [2.45, 2.75) is 6.92 Å². The van der Waals surface area contributed by atoms with Crippen molar-refractivity contribution in [3.05, 3.63) is 23.8 Å². The van der Waals surface area contributed by atoms with Crippen LogP contribution in [0.2, 0.25) is 0 Å². The maximum Gasteiger partial charge on any atom is 0.221 e. The molecule has 0 unspecified atom stereocenters. The molecule has 2 N–H and O–H groups in total. The molecular weight excluding hydrogens is 220 g/mol. The summed E-state index contributed by atoms with van der Waals surface area (Å²) in [5, 5.41) is 5.40. The zero-order valence-electron chi connectivity index (χ0n) is 10.2. The molecule has 0 heterocycles. The highest BCUT2D eigenvalue weighted by Gasteiger charge is 2.15. The zero-order valence-corrected chi connectivity index (χ0v) is 10.2. The second kappa shape index (κ2) is 6.00. The van der Waals surface area contributed by atoms with Gasteiger partial charge in [-0.1, -0.05) is 6.07 Å². The molecule has 0 aliphatic rings. The summed E-state index contributed by atoms with van der Waals surface area (Å²) in [6.07, 6.45) is 0. The Kier molecular flexibility index (Phi) is 4.66. The van der Waals surface area contributed by atoms with Gasteiger partial charge in [0.15, 0.2) is 5.78 Å². The number of ether oxygens (including phenoxy) is 1. The van der Waals surface area contributed by atoms with E-state index < -0.39 is 0 Å². The van der Waals surface area contributed by atoms with Gasteiger partial charge in [-0.05, 0) is 19.2 Å². The van der Waals surface area contributed by atoms with Crippen LogP contribution >= 0.6 is 0 Å². The summed E-state index contributed by atoms with van der Waals surface area (Å²) in [6.45, 7) is 1.60. The third-order valence-corrected chi connectivity index (χ3v) is 2.18. The van der Waals surface area contributed by atoms with Crippen molar-refractivity contribution in [1.29, 1.82) is 0 Å². The monoisotopic (exact) mass is 236 g/mol. The summed E-state index contributed by atoms with van der Waals surface area (Å²) in [6, 6.07) is 5.07. The average molecular weight is 236 g/mol. The Balaban J connectivity index is 3.18. The summed E-state index contributed by atoms with van der Waals surface area (Å²) < 4.78 is 5.13. The quantitative estimate of drug-likeness (QED) is 0.750. The van der Waals surface area contributed by atoms with Crippen molar-refractivity contribution in [2.75, 3.05) is 26.0 Å². The SMILES string of the molecule is CNCC(=O)c1cccc(OC)c1NC(C)=O. The van der Waals surface area contributed by atoms with E-state index in [1.165, 1.54) is 14.0 Å². The molecule has 1 rings (SSSR count). The number of benzene rings is 1. The minimum Gasteiger partial charge on any atom is -0.495 e. The molecule has 1 aromatic carbocycles. The highest BCUT2D eigenvalue weighted by atomic mass is 16.5. The van der Waals surface area contributed by atoms with E-state index in [0.29, 0.717) is 17.0 Å². The fraction of sp³-hybridized carbons (Fsp3) is 0.333. The lowest BCUT2D eigenvalue weighted by Gasteiger charge is -2.13. The fourth-order valence-electron chi connectivity index (χ4n) is 1.49. The molecular formula is C12H16N2O3. The first-order valence-corrected chi connectivity index (χ1v) is 5.22. The zero-order chi connectivity index (χ0) is 12.8. The van der Waals surface area contributed by atoms with Crippen molar-refractivity contribution in [2.24, 2.45) is 0 Å². The van der Waals surface area contributed by atoms with Crippen LogP contribution in [0.1, 0.15) is 17.3 Å². The van der Waals surface area contributed by atoms with E-state index >= 15 is 0 Å². The van der Waals surface area contributed by atoms with E-state index in [4.69, 9.17) is 4.74 Å². The van der Waals surface area contributed by atoms with Gasteiger partial charge in [-0.3, -0.25) is 9.59 Å². The summed E-state index contributed by atoms with van der Waals surface area (Å²) >= 11 is 0. The van der Waals surface area contributed by atoms with Crippen molar-refractivity contribution < 1.29 is 14.3 Å². The van der Waals surface area contributed by atoms with Gasteiger partial charge in [0, 0.05) is 12.5 Å². The average Bonchev–Trinajstić information content (AvgIpc) is 2.28. The molecule has 0 aliphatic carbocycles. The third kappa shape index (κ3) is 3.29. The van der Waals surface area contributed by atoms with E-state index in [1.807, 2.05) is 0 Å². The number of carbonyl (C=O) groups excluding carboxylic acids is 2. The number of methoxy groups -OCH3 is 1. The smallest absolute Gasteiger partial charge is 0.221 e. The predicted molar refractivity (Wildman–Crippen MR) is 65.6 cm³/mol. The Morgan fingerprint density at radius 1 is 1.35 bits per heavy atom. The van der Waals surface area contributed by atoms with Gasteiger partial charge in [-0.15, -0.1) is 0 Å². The first-order chi connectivity index (χ1) is 8.10. The molecule has 1 amide bonds. The number of anilines is 1. The summed E-state index contributed by atoms with van der Waals surface area (Å²) in [7, 11) is 3.18. The Bertz CT molecular complexity index is 430. The minimum atomic E-state index is -0.243. The van der Waals surface area contributed by atoms with Crippen LogP contribution in [0.4, 0.5) is 5.69 Å². The molecule has 17 heavy (non-hydrogen) atoms. The van der Waals surface area contributed by atoms with Crippen LogP contribution in [0.5, 0.6) is 5.75 Å². The second-order valence-corrected chi connectivity index (χ2v) is 3.52. The Morgan fingerprint density at radius 2 is 2.06 bits per heavy atom. The van der Waals surface area contributed by atoms with Crippen LogP contribution in [0.25, 0.3) is 0 Å². The number of hydrogen-bond donors (Lipinski definition) is 2. The molecule has 0 saturated carbocycles. The van der Waals surface area contributed by atoms with Gasteiger partial charge in [0.25, 0.3) is 0 Å². The molecule has 0 saturated heterocycles. The fourth-order valence-corrected chi connectivity index (χ4v) is 1.49. The lowest BCUT2D eigenvalue weighted by molar-refractivity contribution is -0.114. The van der Waals surface area contributed by atoms with Gasteiger partial charge in [0.05, 0.1) is 19.3 Å². The molecule has 5 heteroatoms. The standard InChI is InChI=1S/C12H16N2O3/c1-8(15)14-12-9(10(16)7-13-2)5-4-6-11(12)17-3/h4-6,13H,7H2,1-3H3,(H,14,15). The molecule has 92 valence electrons. The van der Waals surface area contributed by atoms with Crippen molar-refractivity contribution in [3.8, 4) is 5.75 Å². The van der Waals surface area contributed by atoms with Gasteiger partial charge < -0.3 is 15.4 Å². The maximum absolute atomic E-state index is 11.8. The first-order valence-electron chi connectivity index (χ1n) is 5.22. The number of ketones is 1. The summed E-state index contributed by atoms with van der Waals surface area (Å²) in [4.78, 5) is 23.0. The Morgan fingerprint density at radius 3 is 2.59 bits per heavy atom. The number of likely N-dealkylation sites (N-methyl/N-ethyl adjacent to an activating group) is 1. The Labute approximate surface area is 100 Å². The minimum absolute atomic E-state index is 0.102. The van der Waals surface area contributed by atoms with E-state index in [-0.39, 0.29) is 18.2 Å². The van der Waals surface area contributed by atoms with Crippen molar-refractivity contribution in [1.82, 2.24) is 5.32 Å². The molecule has 0 fully saturated rings. The second-order valence-electron chi connectivity index (χ2n) is 3.52. The predicted octanol–water partition coefficient (Wildman–Crippen LogP) is 1.06. The van der Waals surface area contributed by atoms with Crippen LogP contribution in [0, 0.1) is 0 Å². The number of carbonyl (C=O) groups is 2. The molecule has 0 radical (unpaired) electrons. The van der Waals surface area contributed by atoms with Gasteiger partial charge in [-0.25, -0.2) is 0 Å². The Hall–Kier alpha value is -1.88. The van der Waals surface area contributed by atoms with Crippen LogP contribution < -0.4 is 15.4 Å². The van der Waals surface area contributed by atoms with Crippen LogP contribution in [0.3, 0.4) is 0 Å². The van der Waals surface area contributed by atoms with E-state index in [2.05, 4.69) is 10.6 Å². The number of Topliss-reactive ketones (excluding diaryl/α,β-unsaturated/α-hetero) is 1. The number of para-hydroxylation sites is 1.